The number of amides is 1. The van der Waals surface area contributed by atoms with Crippen LogP contribution in [0.1, 0.15) is 0 Å². The summed E-state index contributed by atoms with van der Waals surface area (Å²) in [6, 6.07) is 2.11. The summed E-state index contributed by atoms with van der Waals surface area (Å²) in [6.07, 6.45) is -7.54. The van der Waals surface area contributed by atoms with Crippen molar-refractivity contribution < 1.29 is 61.9 Å². The van der Waals surface area contributed by atoms with Gasteiger partial charge in [0.1, 0.15) is 0 Å². The number of hydrogen-bond donors (Lipinski definition) is 1. The van der Waals surface area contributed by atoms with Gasteiger partial charge in [-0.2, -0.15) is 57.1 Å². The molecule has 0 saturated heterocycles. The third kappa shape index (κ3) is 3.85. The summed E-state index contributed by atoms with van der Waals surface area (Å²) in [6.45, 7) is 0. The number of halogens is 15. The largest absolute Gasteiger partial charge is 0.460 e. The van der Waals surface area contributed by atoms with Crippen LogP contribution in [0.25, 0.3) is 0 Å². The maximum Gasteiger partial charge on any atom is 0.460 e. The fourth-order valence-electron chi connectivity index (χ4n) is 1.70. The average Bonchev–Trinajstić information content (AvgIpc) is 2.55. The second-order valence-electron chi connectivity index (χ2n) is 5.45. The standard InChI is InChI=1S/C13H4Cl2F13NO/c14-4-1-2-6(5(15)3-4)29-7(30)8(16,17)9(18,19)10(20,21)11(22,23)12(24,25)13(26,27)28/h1-3H,(H,29,30). The fraction of sp³-hybridized carbons (Fsp3) is 0.462. The van der Waals surface area contributed by atoms with Gasteiger partial charge in [0.15, 0.2) is 0 Å². The summed E-state index contributed by atoms with van der Waals surface area (Å²) in [5.41, 5.74) is -0.989. The Morgan fingerprint density at radius 2 is 1.13 bits per heavy atom. The van der Waals surface area contributed by atoms with E-state index in [9.17, 15) is 61.9 Å². The molecular weight excluding hydrogens is 504 g/mol. The number of anilines is 1. The molecule has 1 aromatic rings. The van der Waals surface area contributed by atoms with E-state index in [1.54, 1.807) is 0 Å². The number of benzene rings is 1. The predicted octanol–water partition coefficient (Wildman–Crippen LogP) is 6.67. The smallest absolute Gasteiger partial charge is 0.319 e. The summed E-state index contributed by atoms with van der Waals surface area (Å²) in [7, 11) is 0. The highest BCUT2D eigenvalue weighted by Gasteiger charge is 2.91. The van der Waals surface area contributed by atoms with Gasteiger partial charge in [-0.25, -0.2) is 0 Å². The molecule has 0 aromatic heterocycles. The lowest BCUT2D eigenvalue weighted by Crippen LogP contribution is -2.71. The molecule has 1 rings (SSSR count). The van der Waals surface area contributed by atoms with Gasteiger partial charge in [-0.1, -0.05) is 23.2 Å². The average molecular weight is 508 g/mol. The molecule has 0 aliphatic heterocycles. The van der Waals surface area contributed by atoms with Crippen molar-refractivity contribution in [1.29, 1.82) is 0 Å². The minimum atomic E-state index is -8.09. The van der Waals surface area contributed by atoms with Crippen molar-refractivity contribution in [2.75, 3.05) is 5.32 Å². The molecule has 0 heterocycles. The van der Waals surface area contributed by atoms with E-state index in [2.05, 4.69) is 0 Å². The predicted molar refractivity (Wildman–Crippen MR) is 75.9 cm³/mol. The number of rotatable bonds is 6. The van der Waals surface area contributed by atoms with Crippen LogP contribution in [0.4, 0.5) is 62.8 Å². The molecule has 17 heteroatoms. The molecule has 172 valence electrons. The number of carbonyl (C=O) groups excluding carboxylic acids is 1. The van der Waals surface area contributed by atoms with Crippen LogP contribution in [0.5, 0.6) is 0 Å². The molecule has 0 radical (unpaired) electrons. The zero-order chi connectivity index (χ0) is 24.1. The summed E-state index contributed by atoms with van der Waals surface area (Å²) in [4.78, 5) is 11.3. The van der Waals surface area contributed by atoms with E-state index in [0.29, 0.717) is 6.07 Å². The lowest BCUT2D eigenvalue weighted by molar-refractivity contribution is -0.435. The number of carbonyl (C=O) groups is 1. The Kier molecular flexibility index (Phi) is 6.60. The summed E-state index contributed by atoms with van der Waals surface area (Å²) >= 11 is 10.8. The maximum absolute atomic E-state index is 13.6. The molecule has 1 N–H and O–H groups in total. The first-order chi connectivity index (χ1) is 13.1. The van der Waals surface area contributed by atoms with Gasteiger partial charge in [0.05, 0.1) is 10.7 Å². The van der Waals surface area contributed by atoms with Gasteiger partial charge >= 0.3 is 41.7 Å². The van der Waals surface area contributed by atoms with Gasteiger partial charge in [-0.3, -0.25) is 4.79 Å². The molecular formula is C13H4Cl2F13NO. The third-order valence-corrected chi connectivity index (χ3v) is 3.95. The van der Waals surface area contributed by atoms with Crippen molar-refractivity contribution in [2.24, 2.45) is 0 Å². The molecule has 2 nitrogen and oxygen atoms in total. The van der Waals surface area contributed by atoms with E-state index in [1.165, 1.54) is 0 Å². The van der Waals surface area contributed by atoms with Crippen LogP contribution in [0.2, 0.25) is 10.0 Å². The number of hydrogen-bond acceptors (Lipinski definition) is 1. The van der Waals surface area contributed by atoms with Crippen molar-refractivity contribution in [3.8, 4) is 0 Å². The van der Waals surface area contributed by atoms with Crippen molar-refractivity contribution in [3.63, 3.8) is 0 Å². The van der Waals surface area contributed by atoms with Crippen LogP contribution in [0.3, 0.4) is 0 Å². The van der Waals surface area contributed by atoms with Gasteiger partial charge in [-0.15, -0.1) is 0 Å². The SMILES string of the molecule is O=C(Nc1ccc(Cl)cc1Cl)C(F)(F)C(F)(F)C(F)(F)C(F)(F)C(F)(F)C(F)(F)F. The Labute approximate surface area is 166 Å². The lowest BCUT2D eigenvalue weighted by atomic mass is 9.93. The molecule has 1 amide bonds. The van der Waals surface area contributed by atoms with E-state index in [-0.39, 0.29) is 5.02 Å². The fourth-order valence-corrected chi connectivity index (χ4v) is 2.16. The van der Waals surface area contributed by atoms with E-state index < -0.39 is 52.4 Å². The Morgan fingerprint density at radius 3 is 1.53 bits per heavy atom. The van der Waals surface area contributed by atoms with Crippen LogP contribution in [-0.2, 0) is 4.79 Å². The molecule has 0 fully saturated rings. The number of nitrogens with one attached hydrogen (secondary N) is 1. The molecule has 0 saturated carbocycles. The van der Waals surface area contributed by atoms with Gasteiger partial charge < -0.3 is 5.32 Å². The molecule has 0 aliphatic carbocycles. The van der Waals surface area contributed by atoms with Gasteiger partial charge in [0, 0.05) is 5.02 Å². The van der Waals surface area contributed by atoms with Crippen LogP contribution < -0.4 is 5.32 Å². The molecule has 0 atom stereocenters. The molecule has 30 heavy (non-hydrogen) atoms. The van der Waals surface area contributed by atoms with Crippen LogP contribution in [-0.4, -0.2) is 41.7 Å². The van der Waals surface area contributed by atoms with E-state index in [1.807, 2.05) is 0 Å². The van der Waals surface area contributed by atoms with Crippen LogP contribution in [0.15, 0.2) is 18.2 Å². The van der Waals surface area contributed by atoms with E-state index in [4.69, 9.17) is 23.2 Å². The van der Waals surface area contributed by atoms with Gasteiger partial charge in [0.2, 0.25) is 0 Å². The Bertz CT molecular complexity index is 822. The number of alkyl halides is 13. The van der Waals surface area contributed by atoms with Crippen molar-refractivity contribution in [3.05, 3.63) is 28.2 Å². The Balaban J connectivity index is 3.42. The minimum Gasteiger partial charge on any atom is -0.319 e. The summed E-state index contributed by atoms with van der Waals surface area (Å²) in [5, 5.41) is -0.110. The van der Waals surface area contributed by atoms with Crippen molar-refractivity contribution in [2.45, 2.75) is 35.8 Å². The highest BCUT2D eigenvalue weighted by molar-refractivity contribution is 6.36. The second-order valence-corrected chi connectivity index (χ2v) is 6.29. The second kappa shape index (κ2) is 7.50. The van der Waals surface area contributed by atoms with E-state index >= 15 is 0 Å². The zero-order valence-corrected chi connectivity index (χ0v) is 14.8. The topological polar surface area (TPSA) is 29.1 Å². The summed E-state index contributed by atoms with van der Waals surface area (Å²) < 4.78 is 168. The quantitative estimate of drug-likeness (QED) is 0.428. The van der Waals surface area contributed by atoms with Gasteiger partial charge in [0.25, 0.3) is 0 Å². The maximum atomic E-state index is 13.6. The molecule has 0 bridgehead atoms. The van der Waals surface area contributed by atoms with Crippen LogP contribution >= 0.6 is 23.2 Å². The first-order valence-electron chi connectivity index (χ1n) is 6.78. The monoisotopic (exact) mass is 507 g/mol. The van der Waals surface area contributed by atoms with E-state index in [0.717, 1.165) is 17.4 Å². The summed E-state index contributed by atoms with van der Waals surface area (Å²) in [5.74, 6) is -42.2. The Hall–Kier alpha value is -1.64. The van der Waals surface area contributed by atoms with Crippen molar-refractivity contribution >= 4 is 34.8 Å². The minimum absolute atomic E-state index is 0.198. The third-order valence-electron chi connectivity index (χ3n) is 3.40. The first kappa shape index (κ1) is 26.4. The normalized spacial score (nSPS) is 14.6. The zero-order valence-electron chi connectivity index (χ0n) is 13.3. The Morgan fingerprint density at radius 1 is 0.700 bits per heavy atom. The van der Waals surface area contributed by atoms with Gasteiger partial charge in [-0.05, 0) is 18.2 Å². The lowest BCUT2D eigenvalue weighted by Gasteiger charge is -2.39. The first-order valence-corrected chi connectivity index (χ1v) is 7.53. The van der Waals surface area contributed by atoms with Crippen molar-refractivity contribution in [1.82, 2.24) is 0 Å². The highest BCUT2D eigenvalue weighted by atomic mass is 35.5. The molecule has 0 spiro atoms. The molecule has 0 unspecified atom stereocenters. The molecule has 1 aromatic carbocycles. The van der Waals surface area contributed by atoms with Crippen LogP contribution in [0, 0.1) is 0 Å². The highest BCUT2D eigenvalue weighted by Crippen LogP contribution is 2.60. The molecule has 0 aliphatic rings.